The van der Waals surface area contributed by atoms with Gasteiger partial charge in [0.25, 0.3) is 0 Å². The maximum Gasteiger partial charge on any atom is 0.347 e. The fourth-order valence-electron chi connectivity index (χ4n) is 5.64. The number of halogens is 1. The molecular formula is C28H37BrO6. The zero-order valence-electron chi connectivity index (χ0n) is 20.5. The number of esters is 1. The van der Waals surface area contributed by atoms with Crippen LogP contribution in [0, 0.1) is 17.8 Å². The Labute approximate surface area is 216 Å². The highest BCUT2D eigenvalue weighted by molar-refractivity contribution is 9.10. The van der Waals surface area contributed by atoms with E-state index in [1.807, 2.05) is 37.3 Å². The van der Waals surface area contributed by atoms with E-state index in [4.69, 9.17) is 14.2 Å². The second kappa shape index (κ2) is 12.0. The van der Waals surface area contributed by atoms with E-state index in [0.717, 1.165) is 22.9 Å². The predicted molar refractivity (Wildman–Crippen MR) is 137 cm³/mol. The minimum Gasteiger partial charge on any atom is -0.478 e. The minimum absolute atomic E-state index is 0.0110. The Bertz CT molecular complexity index is 930. The zero-order chi connectivity index (χ0) is 24.9. The van der Waals surface area contributed by atoms with Gasteiger partial charge in [-0.2, -0.15) is 0 Å². The van der Waals surface area contributed by atoms with Gasteiger partial charge in [0, 0.05) is 18.9 Å². The Kier molecular flexibility index (Phi) is 9.08. The molecule has 35 heavy (non-hydrogen) atoms. The Morgan fingerprint density at radius 1 is 1.23 bits per heavy atom. The molecule has 0 saturated carbocycles. The van der Waals surface area contributed by atoms with Crippen molar-refractivity contribution < 1.29 is 29.2 Å². The number of carbonyl (C=O) groups is 1. The monoisotopic (exact) mass is 548 g/mol. The fourth-order valence-corrected chi connectivity index (χ4v) is 6.02. The summed E-state index contributed by atoms with van der Waals surface area (Å²) < 4.78 is 18.8. The molecule has 0 spiro atoms. The Morgan fingerprint density at radius 2 is 2.03 bits per heavy atom. The van der Waals surface area contributed by atoms with Gasteiger partial charge in [0.1, 0.15) is 11.9 Å². The van der Waals surface area contributed by atoms with Gasteiger partial charge in [0.2, 0.25) is 0 Å². The lowest BCUT2D eigenvalue weighted by atomic mass is 9.66. The lowest BCUT2D eigenvalue weighted by Crippen LogP contribution is -2.44. The summed E-state index contributed by atoms with van der Waals surface area (Å²) in [6, 6.07) is 7.45. The molecule has 7 heteroatoms. The van der Waals surface area contributed by atoms with Crippen LogP contribution < -0.4 is 4.74 Å². The first-order chi connectivity index (χ1) is 16.9. The van der Waals surface area contributed by atoms with Crippen LogP contribution in [-0.2, 0) is 14.3 Å². The summed E-state index contributed by atoms with van der Waals surface area (Å²) in [5.74, 6) is 0.768. The number of aliphatic hydroxyl groups is 2. The molecule has 1 heterocycles. The molecule has 2 aliphatic carbocycles. The molecule has 0 amide bonds. The molecule has 1 unspecified atom stereocenters. The maximum absolute atomic E-state index is 13.2. The average Bonchev–Trinajstić information content (AvgIpc) is 2.83. The number of allylic oxidation sites excluding steroid dienone is 2. The van der Waals surface area contributed by atoms with Crippen molar-refractivity contribution in [1.82, 2.24) is 0 Å². The molecule has 1 aromatic carbocycles. The smallest absolute Gasteiger partial charge is 0.347 e. The van der Waals surface area contributed by atoms with Crippen molar-refractivity contribution >= 4 is 21.9 Å². The SMILES string of the molecule is CCC(Oc1ccccc1Br)C(=O)O[C@H]1C[C@H](O)C=C2C=C[C@H](C)[C@H](CC[C@@H]3C[C@H](O)CCO3)[C@H]21. The first-order valence-corrected chi connectivity index (χ1v) is 13.6. The molecule has 3 aliphatic rings. The quantitative estimate of drug-likeness (QED) is 0.446. The molecule has 0 aromatic heterocycles. The Balaban J connectivity index is 1.47. The van der Waals surface area contributed by atoms with Crippen LogP contribution in [0.2, 0.25) is 0 Å². The number of hydrogen-bond acceptors (Lipinski definition) is 6. The molecule has 0 bridgehead atoms. The molecule has 4 rings (SSSR count). The van der Waals surface area contributed by atoms with E-state index in [2.05, 4.69) is 35.0 Å². The lowest BCUT2D eigenvalue weighted by Gasteiger charge is -2.43. The predicted octanol–water partition coefficient (Wildman–Crippen LogP) is 4.97. The largest absolute Gasteiger partial charge is 0.478 e. The van der Waals surface area contributed by atoms with Crippen LogP contribution in [0.3, 0.4) is 0 Å². The Morgan fingerprint density at radius 3 is 2.77 bits per heavy atom. The second-order valence-corrected chi connectivity index (χ2v) is 10.9. The maximum atomic E-state index is 13.2. The van der Waals surface area contributed by atoms with Gasteiger partial charge in [-0.15, -0.1) is 0 Å². The van der Waals surface area contributed by atoms with Crippen LogP contribution in [0.5, 0.6) is 5.75 Å². The molecule has 1 saturated heterocycles. The van der Waals surface area contributed by atoms with Gasteiger partial charge >= 0.3 is 5.97 Å². The average molecular weight is 550 g/mol. The van der Waals surface area contributed by atoms with Gasteiger partial charge in [0.15, 0.2) is 6.10 Å². The first kappa shape index (κ1) is 26.4. The fraction of sp³-hybridized carbons (Fsp3) is 0.607. The summed E-state index contributed by atoms with van der Waals surface area (Å²) in [5.41, 5.74) is 1.04. The molecule has 6 nitrogen and oxygen atoms in total. The summed E-state index contributed by atoms with van der Waals surface area (Å²) in [5, 5.41) is 20.6. The highest BCUT2D eigenvalue weighted by Crippen LogP contribution is 2.44. The van der Waals surface area contributed by atoms with Crippen molar-refractivity contribution in [3.63, 3.8) is 0 Å². The van der Waals surface area contributed by atoms with Crippen molar-refractivity contribution in [2.45, 2.75) is 82.9 Å². The van der Waals surface area contributed by atoms with Gasteiger partial charge in [-0.05, 0) is 77.6 Å². The third-order valence-corrected chi connectivity index (χ3v) is 8.20. The van der Waals surface area contributed by atoms with Crippen LogP contribution >= 0.6 is 15.9 Å². The van der Waals surface area contributed by atoms with Crippen molar-refractivity contribution in [2.75, 3.05) is 6.61 Å². The third kappa shape index (κ3) is 6.56. The van der Waals surface area contributed by atoms with Crippen LogP contribution in [-0.4, -0.2) is 53.3 Å². The number of hydrogen-bond donors (Lipinski definition) is 2. The number of aliphatic hydroxyl groups excluding tert-OH is 2. The first-order valence-electron chi connectivity index (χ1n) is 12.8. The summed E-state index contributed by atoms with van der Waals surface area (Å²) in [4.78, 5) is 13.2. The van der Waals surface area contributed by atoms with E-state index < -0.39 is 24.3 Å². The Hall–Kier alpha value is -1.67. The van der Waals surface area contributed by atoms with Crippen LogP contribution in [0.25, 0.3) is 0 Å². The highest BCUT2D eigenvalue weighted by Gasteiger charge is 2.43. The lowest BCUT2D eigenvalue weighted by molar-refractivity contribution is -0.163. The van der Waals surface area contributed by atoms with E-state index in [0.29, 0.717) is 44.0 Å². The molecular weight excluding hydrogens is 512 g/mol. The number of para-hydroxylation sites is 1. The van der Waals surface area contributed by atoms with Gasteiger partial charge < -0.3 is 24.4 Å². The highest BCUT2D eigenvalue weighted by atomic mass is 79.9. The number of benzene rings is 1. The summed E-state index contributed by atoms with van der Waals surface area (Å²) in [6.07, 6.45) is 8.10. The van der Waals surface area contributed by atoms with Crippen LogP contribution in [0.15, 0.2) is 52.5 Å². The van der Waals surface area contributed by atoms with Crippen LogP contribution in [0.1, 0.15) is 52.4 Å². The standard InChI is InChI=1S/C28H37BrO6/c1-3-24(34-25-7-5-4-6-23(25)29)28(32)35-26-16-20(31)14-18-9-8-17(2)22(27(18)26)11-10-21-15-19(30)12-13-33-21/h4-9,14,17,19-22,24,26-27,30-31H,3,10-13,15-16H2,1-2H3/t17-,19+,20+,21+,22-,24?,26-,27-/m0/s1. The zero-order valence-corrected chi connectivity index (χ0v) is 22.1. The van der Waals surface area contributed by atoms with Crippen molar-refractivity contribution in [2.24, 2.45) is 17.8 Å². The molecule has 1 fully saturated rings. The second-order valence-electron chi connectivity index (χ2n) is 10.0. The van der Waals surface area contributed by atoms with Gasteiger partial charge in [0.05, 0.1) is 22.8 Å². The summed E-state index contributed by atoms with van der Waals surface area (Å²) >= 11 is 3.47. The molecule has 1 aliphatic heterocycles. The summed E-state index contributed by atoms with van der Waals surface area (Å²) in [6.45, 7) is 4.70. The molecule has 0 radical (unpaired) electrons. The number of carbonyl (C=O) groups excluding carboxylic acids is 1. The van der Waals surface area contributed by atoms with E-state index in [1.165, 1.54) is 0 Å². The normalized spacial score (nSPS) is 33.4. The van der Waals surface area contributed by atoms with Crippen molar-refractivity contribution in [3.8, 4) is 5.75 Å². The summed E-state index contributed by atoms with van der Waals surface area (Å²) in [7, 11) is 0. The third-order valence-electron chi connectivity index (χ3n) is 7.54. The van der Waals surface area contributed by atoms with Crippen molar-refractivity contribution in [3.05, 3.63) is 52.5 Å². The van der Waals surface area contributed by atoms with Gasteiger partial charge in [-0.1, -0.05) is 44.2 Å². The van der Waals surface area contributed by atoms with Crippen LogP contribution in [0.4, 0.5) is 0 Å². The van der Waals surface area contributed by atoms with E-state index in [1.54, 1.807) is 0 Å². The van der Waals surface area contributed by atoms with Gasteiger partial charge in [-0.3, -0.25) is 0 Å². The number of ether oxygens (including phenoxy) is 3. The number of rotatable bonds is 8. The number of fused-ring (bicyclic) bond motifs is 1. The molecule has 1 aromatic rings. The van der Waals surface area contributed by atoms with E-state index in [9.17, 15) is 15.0 Å². The topological polar surface area (TPSA) is 85.2 Å². The van der Waals surface area contributed by atoms with E-state index in [-0.39, 0.29) is 24.0 Å². The minimum atomic E-state index is -0.729. The van der Waals surface area contributed by atoms with E-state index >= 15 is 0 Å². The van der Waals surface area contributed by atoms with Crippen molar-refractivity contribution in [1.29, 1.82) is 0 Å². The molecule has 2 N–H and O–H groups in total. The molecule has 192 valence electrons. The molecule has 8 atom stereocenters. The van der Waals surface area contributed by atoms with Gasteiger partial charge in [-0.25, -0.2) is 4.79 Å².